The van der Waals surface area contributed by atoms with Crippen LogP contribution in [0.4, 0.5) is 10.2 Å². The zero-order valence-electron chi connectivity index (χ0n) is 12.0. The van der Waals surface area contributed by atoms with Crippen molar-refractivity contribution in [2.24, 2.45) is 0 Å². The molecule has 0 N–H and O–H groups in total. The Balaban J connectivity index is 1.46. The Kier molecular flexibility index (Phi) is 3.58. The first-order valence-corrected chi connectivity index (χ1v) is 8.21. The number of pyridine rings is 2. The maximum Gasteiger partial charge on any atom is 0.165 e. The number of anilines is 1. The molecule has 22 heavy (non-hydrogen) atoms. The zero-order chi connectivity index (χ0) is 15.1. The van der Waals surface area contributed by atoms with Gasteiger partial charge in [0, 0.05) is 48.6 Å². The van der Waals surface area contributed by atoms with E-state index in [4.69, 9.17) is 0 Å². The lowest BCUT2D eigenvalue weighted by Gasteiger charge is -2.34. The van der Waals surface area contributed by atoms with E-state index >= 15 is 0 Å². The number of hydrogen-bond acceptors (Lipinski definition) is 4. The molecule has 2 saturated heterocycles. The van der Waals surface area contributed by atoms with Gasteiger partial charge in [0.25, 0.3) is 0 Å². The number of likely N-dealkylation sites (tertiary alicyclic amines) is 1. The lowest BCUT2D eigenvalue weighted by molar-refractivity contribution is 0.227. The molecule has 2 aromatic rings. The zero-order valence-corrected chi connectivity index (χ0v) is 13.6. The molecule has 2 aliphatic rings. The molecule has 2 unspecified atom stereocenters. The quantitative estimate of drug-likeness (QED) is 0.840. The molecule has 2 fully saturated rings. The summed E-state index contributed by atoms with van der Waals surface area (Å²) >= 11 is 3.41. The summed E-state index contributed by atoms with van der Waals surface area (Å²) in [5, 5.41) is 0. The summed E-state index contributed by atoms with van der Waals surface area (Å²) in [4.78, 5) is 13.2. The van der Waals surface area contributed by atoms with Gasteiger partial charge >= 0.3 is 0 Å². The predicted octanol–water partition coefficient (Wildman–Crippen LogP) is 2.84. The molecule has 2 bridgehead atoms. The summed E-state index contributed by atoms with van der Waals surface area (Å²) in [6.45, 7) is 2.64. The van der Waals surface area contributed by atoms with E-state index < -0.39 is 0 Å². The van der Waals surface area contributed by atoms with Crippen LogP contribution in [-0.2, 0) is 6.54 Å². The summed E-state index contributed by atoms with van der Waals surface area (Å²) in [5.74, 6) is 0.271. The Labute approximate surface area is 137 Å². The Morgan fingerprint density at radius 3 is 2.77 bits per heavy atom. The topological polar surface area (TPSA) is 32.3 Å². The van der Waals surface area contributed by atoms with Gasteiger partial charge in [-0.3, -0.25) is 9.88 Å². The second-order valence-corrected chi connectivity index (χ2v) is 6.82. The largest absolute Gasteiger partial charge is 0.348 e. The molecule has 0 spiro atoms. The highest BCUT2D eigenvalue weighted by atomic mass is 79.9. The SMILES string of the molecule is Fc1cccnc1N1CC2CC1CN2Cc1ccc(Br)cn1. The van der Waals surface area contributed by atoms with E-state index in [1.165, 1.54) is 6.07 Å². The molecule has 0 aromatic carbocycles. The van der Waals surface area contributed by atoms with Crippen LogP contribution in [-0.4, -0.2) is 40.0 Å². The summed E-state index contributed by atoms with van der Waals surface area (Å²) in [7, 11) is 0. The van der Waals surface area contributed by atoms with Crippen molar-refractivity contribution in [2.45, 2.75) is 25.0 Å². The monoisotopic (exact) mass is 362 g/mol. The smallest absolute Gasteiger partial charge is 0.165 e. The third-order valence-electron chi connectivity index (χ3n) is 4.52. The first-order valence-electron chi connectivity index (χ1n) is 7.42. The van der Waals surface area contributed by atoms with Crippen molar-refractivity contribution in [3.63, 3.8) is 0 Å². The number of hydrogen-bond donors (Lipinski definition) is 0. The van der Waals surface area contributed by atoms with Gasteiger partial charge in [-0.05, 0) is 46.6 Å². The van der Waals surface area contributed by atoms with Crippen LogP contribution in [0, 0.1) is 5.82 Å². The summed E-state index contributed by atoms with van der Waals surface area (Å²) in [6, 6.07) is 8.00. The van der Waals surface area contributed by atoms with E-state index in [1.54, 1.807) is 12.3 Å². The van der Waals surface area contributed by atoms with Gasteiger partial charge in [-0.2, -0.15) is 0 Å². The standard InChI is InChI=1S/C16H16BrFN4/c17-11-3-4-12(20-7-11)8-21-9-14-6-13(21)10-22(14)16-15(18)2-1-5-19-16/h1-5,7,13-14H,6,8-10H2. The summed E-state index contributed by atoms with van der Waals surface area (Å²) in [5.41, 5.74) is 1.08. The van der Waals surface area contributed by atoms with Gasteiger partial charge < -0.3 is 4.90 Å². The normalized spacial score (nSPS) is 24.2. The minimum absolute atomic E-state index is 0.226. The number of rotatable bonds is 3. The first kappa shape index (κ1) is 14.1. The van der Waals surface area contributed by atoms with Gasteiger partial charge in [0.15, 0.2) is 11.6 Å². The fraction of sp³-hybridized carbons (Fsp3) is 0.375. The molecule has 0 aliphatic carbocycles. The van der Waals surface area contributed by atoms with Gasteiger partial charge in [-0.1, -0.05) is 0 Å². The van der Waals surface area contributed by atoms with Gasteiger partial charge in [-0.25, -0.2) is 9.37 Å². The third-order valence-corrected chi connectivity index (χ3v) is 4.99. The second-order valence-electron chi connectivity index (χ2n) is 5.90. The molecule has 6 heteroatoms. The van der Waals surface area contributed by atoms with Gasteiger partial charge in [0.1, 0.15) is 0 Å². The van der Waals surface area contributed by atoms with E-state index in [9.17, 15) is 4.39 Å². The van der Waals surface area contributed by atoms with Crippen LogP contribution in [0.25, 0.3) is 0 Å². The van der Waals surface area contributed by atoms with Crippen molar-refractivity contribution < 1.29 is 4.39 Å². The minimum atomic E-state index is -0.226. The molecule has 114 valence electrons. The molecule has 0 radical (unpaired) electrons. The molecule has 0 saturated carbocycles. The average Bonchev–Trinajstić information content (AvgIpc) is 3.10. The summed E-state index contributed by atoms with van der Waals surface area (Å²) < 4.78 is 14.9. The second kappa shape index (κ2) is 5.59. The number of nitrogens with zero attached hydrogens (tertiary/aromatic N) is 4. The summed E-state index contributed by atoms with van der Waals surface area (Å²) in [6.07, 6.45) is 4.57. The van der Waals surface area contributed by atoms with Gasteiger partial charge in [0.2, 0.25) is 0 Å². The van der Waals surface area contributed by atoms with Crippen LogP contribution in [0.1, 0.15) is 12.1 Å². The van der Waals surface area contributed by atoms with Crippen molar-refractivity contribution >= 4 is 21.7 Å². The van der Waals surface area contributed by atoms with Crippen LogP contribution in [0.3, 0.4) is 0 Å². The van der Waals surface area contributed by atoms with E-state index in [0.717, 1.165) is 36.2 Å². The van der Waals surface area contributed by atoms with Crippen LogP contribution in [0.15, 0.2) is 41.1 Å². The van der Waals surface area contributed by atoms with Crippen LogP contribution < -0.4 is 4.90 Å². The maximum atomic E-state index is 13.9. The predicted molar refractivity (Wildman–Crippen MR) is 86.1 cm³/mol. The van der Waals surface area contributed by atoms with E-state index in [2.05, 4.69) is 35.7 Å². The molecule has 2 aromatic heterocycles. The Bertz CT molecular complexity index is 678. The highest BCUT2D eigenvalue weighted by Gasteiger charge is 2.44. The van der Waals surface area contributed by atoms with Gasteiger partial charge in [0.05, 0.1) is 5.69 Å². The third kappa shape index (κ3) is 2.50. The molecular formula is C16H16BrFN4. The average molecular weight is 363 g/mol. The molecule has 4 nitrogen and oxygen atoms in total. The fourth-order valence-electron chi connectivity index (χ4n) is 3.50. The maximum absolute atomic E-state index is 13.9. The molecule has 2 atom stereocenters. The molecule has 4 rings (SSSR count). The van der Waals surface area contributed by atoms with Crippen LogP contribution in [0.2, 0.25) is 0 Å². The number of fused-ring (bicyclic) bond motifs is 2. The Morgan fingerprint density at radius 2 is 2.09 bits per heavy atom. The lowest BCUT2D eigenvalue weighted by Crippen LogP contribution is -2.46. The number of halogens is 2. The van der Waals surface area contributed by atoms with E-state index in [0.29, 0.717) is 17.9 Å². The molecule has 0 amide bonds. The van der Waals surface area contributed by atoms with Crippen LogP contribution >= 0.6 is 15.9 Å². The first-order chi connectivity index (χ1) is 10.7. The van der Waals surface area contributed by atoms with Crippen LogP contribution in [0.5, 0.6) is 0 Å². The van der Waals surface area contributed by atoms with Crippen molar-refractivity contribution in [1.29, 1.82) is 0 Å². The highest BCUT2D eigenvalue weighted by molar-refractivity contribution is 9.10. The Morgan fingerprint density at radius 1 is 1.18 bits per heavy atom. The minimum Gasteiger partial charge on any atom is -0.348 e. The fourth-order valence-corrected chi connectivity index (χ4v) is 3.73. The lowest BCUT2D eigenvalue weighted by atomic mass is 10.2. The molecule has 2 aliphatic heterocycles. The number of piperazine rings is 1. The van der Waals surface area contributed by atoms with Crippen molar-refractivity contribution in [3.8, 4) is 0 Å². The van der Waals surface area contributed by atoms with Gasteiger partial charge in [-0.15, -0.1) is 0 Å². The van der Waals surface area contributed by atoms with Crippen molar-refractivity contribution in [2.75, 3.05) is 18.0 Å². The van der Waals surface area contributed by atoms with E-state index in [1.807, 2.05) is 18.3 Å². The molecular weight excluding hydrogens is 347 g/mol. The van der Waals surface area contributed by atoms with Crippen molar-refractivity contribution in [3.05, 3.63) is 52.6 Å². The molecule has 4 heterocycles. The van der Waals surface area contributed by atoms with E-state index in [-0.39, 0.29) is 5.82 Å². The highest BCUT2D eigenvalue weighted by Crippen LogP contribution is 2.35. The number of aromatic nitrogens is 2. The Hall–Kier alpha value is -1.53. The van der Waals surface area contributed by atoms with Crippen molar-refractivity contribution in [1.82, 2.24) is 14.9 Å².